The van der Waals surface area contributed by atoms with E-state index >= 15 is 0 Å². The predicted molar refractivity (Wildman–Crippen MR) is 70.8 cm³/mol. The van der Waals surface area contributed by atoms with Crippen molar-refractivity contribution >= 4 is 0 Å². The van der Waals surface area contributed by atoms with E-state index in [1.54, 1.807) is 0 Å². The molecule has 0 aromatic heterocycles. The molecule has 2 fully saturated rings. The van der Waals surface area contributed by atoms with Crippen molar-refractivity contribution in [1.82, 2.24) is 4.90 Å². The van der Waals surface area contributed by atoms with E-state index in [0.717, 1.165) is 12.5 Å². The van der Waals surface area contributed by atoms with Gasteiger partial charge in [0.1, 0.15) is 0 Å². The first-order chi connectivity index (χ1) is 8.15. The minimum Gasteiger partial charge on any atom is -0.395 e. The Kier molecular flexibility index (Phi) is 4.45. The van der Waals surface area contributed by atoms with Gasteiger partial charge in [-0.2, -0.15) is 0 Å². The minimum absolute atomic E-state index is 0.0978. The van der Waals surface area contributed by atoms with Crippen molar-refractivity contribution in [2.24, 2.45) is 17.6 Å². The number of hydrogen-bond acceptors (Lipinski definition) is 3. The van der Waals surface area contributed by atoms with Gasteiger partial charge in [-0.05, 0) is 37.6 Å². The third-order valence-electron chi connectivity index (χ3n) is 4.88. The molecule has 4 atom stereocenters. The Morgan fingerprint density at radius 1 is 1.24 bits per heavy atom. The SMILES string of the molecule is CC(C)C(N)C(CO)N1CCC2CCCCC21. The average Bonchev–Trinajstić information content (AvgIpc) is 2.74. The van der Waals surface area contributed by atoms with Crippen LogP contribution < -0.4 is 5.73 Å². The summed E-state index contributed by atoms with van der Waals surface area (Å²) in [6.07, 6.45) is 6.76. The highest BCUT2D eigenvalue weighted by Gasteiger charge is 2.40. The van der Waals surface area contributed by atoms with Crippen molar-refractivity contribution < 1.29 is 5.11 Å². The third-order valence-corrected chi connectivity index (χ3v) is 4.88. The zero-order valence-corrected chi connectivity index (χ0v) is 11.3. The Morgan fingerprint density at radius 3 is 2.59 bits per heavy atom. The zero-order chi connectivity index (χ0) is 12.4. The number of nitrogens with two attached hydrogens (primary N) is 1. The van der Waals surface area contributed by atoms with Crippen LogP contribution in [0.3, 0.4) is 0 Å². The van der Waals surface area contributed by atoms with E-state index in [9.17, 15) is 5.11 Å². The van der Waals surface area contributed by atoms with Gasteiger partial charge in [0.15, 0.2) is 0 Å². The number of aliphatic hydroxyl groups excluding tert-OH is 1. The molecular formula is C14H28N2O. The summed E-state index contributed by atoms with van der Waals surface area (Å²) in [6, 6.07) is 0.967. The molecule has 1 aliphatic heterocycles. The summed E-state index contributed by atoms with van der Waals surface area (Å²) in [5, 5.41) is 9.67. The van der Waals surface area contributed by atoms with E-state index < -0.39 is 0 Å². The van der Waals surface area contributed by atoms with Crippen molar-refractivity contribution in [3.05, 3.63) is 0 Å². The zero-order valence-electron chi connectivity index (χ0n) is 11.3. The number of nitrogens with zero attached hydrogens (tertiary/aromatic N) is 1. The summed E-state index contributed by atoms with van der Waals surface area (Å²) in [6.45, 7) is 5.66. The summed E-state index contributed by atoms with van der Waals surface area (Å²) >= 11 is 0. The van der Waals surface area contributed by atoms with Crippen LogP contribution in [0.25, 0.3) is 0 Å². The maximum absolute atomic E-state index is 9.67. The molecule has 0 bridgehead atoms. The van der Waals surface area contributed by atoms with E-state index in [-0.39, 0.29) is 18.7 Å². The first kappa shape index (κ1) is 13.3. The number of rotatable bonds is 4. The summed E-state index contributed by atoms with van der Waals surface area (Å²) in [5.41, 5.74) is 6.27. The molecule has 1 saturated heterocycles. The van der Waals surface area contributed by atoms with Gasteiger partial charge in [0.2, 0.25) is 0 Å². The number of aliphatic hydroxyl groups is 1. The van der Waals surface area contributed by atoms with E-state index in [1.807, 2.05) is 0 Å². The number of fused-ring (bicyclic) bond motifs is 1. The van der Waals surface area contributed by atoms with Gasteiger partial charge in [-0.25, -0.2) is 0 Å². The number of likely N-dealkylation sites (tertiary alicyclic amines) is 1. The van der Waals surface area contributed by atoms with Crippen LogP contribution in [0.2, 0.25) is 0 Å². The molecule has 3 heteroatoms. The van der Waals surface area contributed by atoms with Gasteiger partial charge in [0.05, 0.1) is 6.61 Å². The van der Waals surface area contributed by atoms with Gasteiger partial charge in [0, 0.05) is 18.1 Å². The lowest BCUT2D eigenvalue weighted by Crippen LogP contribution is -2.54. The lowest BCUT2D eigenvalue weighted by atomic mass is 9.84. The Labute approximate surface area is 105 Å². The standard InChI is InChI=1S/C14H28N2O/c1-10(2)14(15)13(9-17)16-8-7-11-5-3-4-6-12(11)16/h10-14,17H,3-9,15H2,1-2H3. The van der Waals surface area contributed by atoms with Gasteiger partial charge in [0.25, 0.3) is 0 Å². The normalized spacial score (nSPS) is 33.7. The van der Waals surface area contributed by atoms with Crippen molar-refractivity contribution in [1.29, 1.82) is 0 Å². The smallest absolute Gasteiger partial charge is 0.0602 e. The lowest BCUT2D eigenvalue weighted by Gasteiger charge is -2.40. The topological polar surface area (TPSA) is 49.5 Å². The summed E-state index contributed by atoms with van der Waals surface area (Å²) in [5.74, 6) is 1.31. The van der Waals surface area contributed by atoms with Crippen LogP contribution in [0, 0.1) is 11.8 Å². The predicted octanol–water partition coefficient (Wildman–Crippen LogP) is 1.60. The Balaban J connectivity index is 2.04. The third kappa shape index (κ3) is 2.67. The monoisotopic (exact) mass is 240 g/mol. The second kappa shape index (κ2) is 5.68. The van der Waals surface area contributed by atoms with Crippen LogP contribution in [0.5, 0.6) is 0 Å². The molecule has 3 N–H and O–H groups in total. The fourth-order valence-corrected chi connectivity index (χ4v) is 3.75. The highest BCUT2D eigenvalue weighted by atomic mass is 16.3. The van der Waals surface area contributed by atoms with Gasteiger partial charge in [-0.15, -0.1) is 0 Å². The van der Waals surface area contributed by atoms with E-state index in [2.05, 4.69) is 18.7 Å². The maximum atomic E-state index is 9.67. The fourth-order valence-electron chi connectivity index (χ4n) is 3.75. The van der Waals surface area contributed by atoms with E-state index in [4.69, 9.17) is 5.73 Å². The van der Waals surface area contributed by atoms with Gasteiger partial charge in [-0.1, -0.05) is 26.7 Å². The average molecular weight is 240 g/mol. The van der Waals surface area contributed by atoms with Crippen LogP contribution in [0.1, 0.15) is 46.0 Å². The summed E-state index contributed by atoms with van der Waals surface area (Å²) < 4.78 is 0. The molecular weight excluding hydrogens is 212 g/mol. The lowest BCUT2D eigenvalue weighted by molar-refractivity contribution is 0.0619. The molecule has 0 aromatic rings. The van der Waals surface area contributed by atoms with Crippen molar-refractivity contribution in [3.63, 3.8) is 0 Å². The van der Waals surface area contributed by atoms with E-state index in [0.29, 0.717) is 12.0 Å². The molecule has 1 saturated carbocycles. The quantitative estimate of drug-likeness (QED) is 0.784. The highest BCUT2D eigenvalue weighted by Crippen LogP contribution is 2.37. The van der Waals surface area contributed by atoms with Gasteiger partial charge in [-0.3, -0.25) is 4.90 Å². The van der Waals surface area contributed by atoms with Crippen LogP contribution in [0.15, 0.2) is 0 Å². The molecule has 0 amide bonds. The summed E-state index contributed by atoms with van der Waals surface area (Å²) in [7, 11) is 0. The van der Waals surface area contributed by atoms with Crippen molar-refractivity contribution in [2.45, 2.75) is 64.1 Å². The van der Waals surface area contributed by atoms with Crippen LogP contribution >= 0.6 is 0 Å². The summed E-state index contributed by atoms with van der Waals surface area (Å²) in [4.78, 5) is 2.52. The molecule has 1 aliphatic carbocycles. The second-order valence-electron chi connectivity index (χ2n) is 6.21. The maximum Gasteiger partial charge on any atom is 0.0602 e. The van der Waals surface area contributed by atoms with E-state index in [1.165, 1.54) is 32.1 Å². The van der Waals surface area contributed by atoms with Crippen LogP contribution in [-0.2, 0) is 0 Å². The molecule has 2 aliphatic rings. The highest BCUT2D eigenvalue weighted by molar-refractivity contribution is 4.96. The molecule has 100 valence electrons. The van der Waals surface area contributed by atoms with Crippen LogP contribution in [-0.4, -0.2) is 41.3 Å². The molecule has 0 spiro atoms. The number of hydrogen-bond donors (Lipinski definition) is 2. The first-order valence-corrected chi connectivity index (χ1v) is 7.27. The van der Waals surface area contributed by atoms with Crippen molar-refractivity contribution in [2.75, 3.05) is 13.2 Å². The first-order valence-electron chi connectivity index (χ1n) is 7.27. The minimum atomic E-state index is 0.0978. The molecule has 3 nitrogen and oxygen atoms in total. The fraction of sp³-hybridized carbons (Fsp3) is 1.00. The molecule has 4 unspecified atom stereocenters. The molecule has 1 heterocycles. The Bertz CT molecular complexity index is 244. The van der Waals surface area contributed by atoms with Gasteiger partial charge >= 0.3 is 0 Å². The Morgan fingerprint density at radius 2 is 1.94 bits per heavy atom. The Hall–Kier alpha value is -0.120. The molecule has 0 radical (unpaired) electrons. The van der Waals surface area contributed by atoms with Crippen LogP contribution in [0.4, 0.5) is 0 Å². The van der Waals surface area contributed by atoms with Gasteiger partial charge < -0.3 is 10.8 Å². The largest absolute Gasteiger partial charge is 0.395 e. The molecule has 17 heavy (non-hydrogen) atoms. The second-order valence-corrected chi connectivity index (χ2v) is 6.21. The molecule has 2 rings (SSSR count). The molecule has 0 aromatic carbocycles. The van der Waals surface area contributed by atoms with Crippen molar-refractivity contribution in [3.8, 4) is 0 Å².